The summed E-state index contributed by atoms with van der Waals surface area (Å²) in [5.74, 6) is -1.85. The molecule has 2 heterocycles. The van der Waals surface area contributed by atoms with Gasteiger partial charge in [-0.05, 0) is 48.4 Å². The number of halogens is 1. The molecule has 0 aliphatic heterocycles. The molecular weight excluding hydrogens is 465 g/mol. The van der Waals surface area contributed by atoms with E-state index >= 15 is 4.39 Å². The van der Waals surface area contributed by atoms with Gasteiger partial charge in [-0.2, -0.15) is 0 Å². The molecule has 0 saturated heterocycles. The number of fused-ring (bicyclic) bond motifs is 1. The van der Waals surface area contributed by atoms with Gasteiger partial charge in [0.2, 0.25) is 0 Å². The third-order valence-corrected chi connectivity index (χ3v) is 5.59. The van der Waals surface area contributed by atoms with Crippen molar-refractivity contribution in [2.75, 3.05) is 19.0 Å². The molecule has 0 aliphatic carbocycles. The second-order valence-electron chi connectivity index (χ2n) is 8.23. The zero-order chi connectivity index (χ0) is 25.7. The molecule has 1 unspecified atom stereocenters. The van der Waals surface area contributed by atoms with Gasteiger partial charge in [0.25, 0.3) is 5.91 Å². The van der Waals surface area contributed by atoms with E-state index in [1.54, 1.807) is 49.5 Å². The van der Waals surface area contributed by atoms with E-state index in [0.717, 1.165) is 0 Å². The van der Waals surface area contributed by atoms with Crippen LogP contribution in [0.3, 0.4) is 0 Å². The van der Waals surface area contributed by atoms with Crippen LogP contribution < -0.4 is 11.1 Å². The summed E-state index contributed by atoms with van der Waals surface area (Å²) >= 11 is 0. The van der Waals surface area contributed by atoms with E-state index in [2.05, 4.69) is 10.3 Å². The Hall–Kier alpha value is -4.08. The maximum absolute atomic E-state index is 15.4. The highest BCUT2D eigenvalue weighted by molar-refractivity contribution is 6.09. The Morgan fingerprint density at radius 3 is 2.78 bits per heavy atom. The van der Waals surface area contributed by atoms with E-state index in [1.165, 1.54) is 25.5 Å². The second-order valence-corrected chi connectivity index (χ2v) is 8.23. The van der Waals surface area contributed by atoms with Gasteiger partial charge in [-0.1, -0.05) is 18.2 Å². The van der Waals surface area contributed by atoms with Crippen molar-refractivity contribution in [1.82, 2.24) is 4.98 Å². The maximum Gasteiger partial charge on any atom is 0.310 e. The molecular formula is C27H26FN3O5. The van der Waals surface area contributed by atoms with Gasteiger partial charge < -0.3 is 24.9 Å². The number of hydrogen-bond donors (Lipinski definition) is 2. The fraction of sp³-hybridized carbons (Fsp3) is 0.222. The minimum atomic E-state index is -0.710. The van der Waals surface area contributed by atoms with Crippen molar-refractivity contribution >= 4 is 28.5 Å². The summed E-state index contributed by atoms with van der Waals surface area (Å²) in [6.07, 6.45) is 2.48. The molecule has 4 aromatic rings. The first-order valence-corrected chi connectivity index (χ1v) is 11.3. The lowest BCUT2D eigenvalue weighted by Gasteiger charge is -2.15. The summed E-state index contributed by atoms with van der Waals surface area (Å²) in [5, 5.41) is 2.91. The first-order valence-electron chi connectivity index (χ1n) is 11.3. The summed E-state index contributed by atoms with van der Waals surface area (Å²) < 4.78 is 31.2. The van der Waals surface area contributed by atoms with Crippen LogP contribution >= 0.6 is 0 Å². The Bertz CT molecular complexity index is 1400. The lowest BCUT2D eigenvalue weighted by Crippen LogP contribution is -2.21. The Morgan fingerprint density at radius 2 is 2.00 bits per heavy atom. The third-order valence-electron chi connectivity index (χ3n) is 5.59. The number of benzene rings is 2. The van der Waals surface area contributed by atoms with Gasteiger partial charge in [-0.15, -0.1) is 0 Å². The standard InChI is InChI=1S/C27H26FN3O5/c1-16(15-34-2)36-24(32)12-18-5-3-4-6-23(18)31-27(33)22-13-21(17-7-9-30-19(11-17)14-29)26-20(25(22)28)8-10-35-26/h3-11,13,16H,12,14-15,29H2,1-2H3,(H,31,33). The fourth-order valence-corrected chi connectivity index (χ4v) is 3.92. The Labute approximate surface area is 207 Å². The van der Waals surface area contributed by atoms with Gasteiger partial charge in [0.1, 0.15) is 17.5 Å². The molecule has 2 aromatic carbocycles. The molecule has 1 atom stereocenters. The average Bonchev–Trinajstić information content (AvgIpc) is 3.36. The van der Waals surface area contributed by atoms with Crippen molar-refractivity contribution < 1.29 is 27.9 Å². The van der Waals surface area contributed by atoms with E-state index in [-0.39, 0.29) is 30.5 Å². The number of furan rings is 1. The number of carbonyl (C=O) groups is 2. The van der Waals surface area contributed by atoms with Crippen molar-refractivity contribution in [1.29, 1.82) is 0 Å². The first kappa shape index (κ1) is 25.0. The van der Waals surface area contributed by atoms with Crippen LogP contribution in [0.1, 0.15) is 28.5 Å². The van der Waals surface area contributed by atoms with Crippen molar-refractivity contribution in [2.24, 2.45) is 5.73 Å². The molecule has 2 aromatic heterocycles. The monoisotopic (exact) mass is 491 g/mol. The highest BCUT2D eigenvalue weighted by Crippen LogP contribution is 2.34. The zero-order valence-corrected chi connectivity index (χ0v) is 19.9. The largest absolute Gasteiger partial charge is 0.464 e. The molecule has 0 saturated carbocycles. The van der Waals surface area contributed by atoms with Crippen LogP contribution in [-0.4, -0.2) is 36.7 Å². The summed E-state index contributed by atoms with van der Waals surface area (Å²) in [7, 11) is 1.52. The summed E-state index contributed by atoms with van der Waals surface area (Å²) in [6, 6.07) is 13.2. The maximum atomic E-state index is 15.4. The van der Waals surface area contributed by atoms with Crippen molar-refractivity contribution in [3.8, 4) is 11.1 Å². The molecule has 3 N–H and O–H groups in total. The number of para-hydroxylation sites is 1. The number of nitrogens with one attached hydrogen (secondary N) is 1. The van der Waals surface area contributed by atoms with Crippen LogP contribution in [0.4, 0.5) is 10.1 Å². The number of hydrogen-bond acceptors (Lipinski definition) is 7. The van der Waals surface area contributed by atoms with Gasteiger partial charge in [0.05, 0.1) is 35.9 Å². The van der Waals surface area contributed by atoms with Crippen LogP contribution in [0.15, 0.2) is 65.4 Å². The quantitative estimate of drug-likeness (QED) is 0.332. The van der Waals surface area contributed by atoms with Crippen molar-refractivity contribution in [3.05, 3.63) is 83.6 Å². The van der Waals surface area contributed by atoms with Crippen LogP contribution in [0.25, 0.3) is 22.1 Å². The second kappa shape index (κ2) is 11.1. The first-order chi connectivity index (χ1) is 17.4. The minimum absolute atomic E-state index is 0.0715. The molecule has 36 heavy (non-hydrogen) atoms. The molecule has 0 radical (unpaired) electrons. The number of amides is 1. The molecule has 186 valence electrons. The normalized spacial score (nSPS) is 11.9. The van der Waals surface area contributed by atoms with E-state index in [1.807, 2.05) is 0 Å². The predicted octanol–water partition coefficient (Wildman–Crippen LogP) is 4.47. The summed E-state index contributed by atoms with van der Waals surface area (Å²) in [5.41, 5.74) is 8.63. The summed E-state index contributed by atoms with van der Waals surface area (Å²) in [6.45, 7) is 2.22. The molecule has 4 rings (SSSR count). The third kappa shape index (κ3) is 5.42. The van der Waals surface area contributed by atoms with Gasteiger partial charge in [0.15, 0.2) is 0 Å². The highest BCUT2D eigenvalue weighted by Gasteiger charge is 2.22. The molecule has 0 bridgehead atoms. The number of carbonyl (C=O) groups excluding carboxylic acids is 2. The van der Waals surface area contributed by atoms with Gasteiger partial charge in [-0.25, -0.2) is 4.39 Å². The van der Waals surface area contributed by atoms with Crippen LogP contribution in [0, 0.1) is 5.82 Å². The van der Waals surface area contributed by atoms with Crippen LogP contribution in [0.5, 0.6) is 0 Å². The van der Waals surface area contributed by atoms with Crippen molar-refractivity contribution in [2.45, 2.75) is 26.0 Å². The molecule has 0 spiro atoms. The minimum Gasteiger partial charge on any atom is -0.464 e. The Morgan fingerprint density at radius 1 is 1.19 bits per heavy atom. The van der Waals surface area contributed by atoms with E-state index in [9.17, 15) is 9.59 Å². The molecule has 8 nitrogen and oxygen atoms in total. The zero-order valence-electron chi connectivity index (χ0n) is 19.9. The number of esters is 1. The molecule has 1 amide bonds. The number of ether oxygens (including phenoxy) is 2. The van der Waals surface area contributed by atoms with E-state index in [0.29, 0.717) is 33.7 Å². The topological polar surface area (TPSA) is 117 Å². The number of anilines is 1. The van der Waals surface area contributed by atoms with Crippen LogP contribution in [-0.2, 0) is 27.2 Å². The smallest absolute Gasteiger partial charge is 0.310 e. The molecule has 0 fully saturated rings. The fourth-order valence-electron chi connectivity index (χ4n) is 3.92. The van der Waals surface area contributed by atoms with E-state index < -0.39 is 23.8 Å². The van der Waals surface area contributed by atoms with Gasteiger partial charge in [0, 0.05) is 31.1 Å². The Kier molecular flexibility index (Phi) is 7.72. The van der Waals surface area contributed by atoms with Crippen LogP contribution in [0.2, 0.25) is 0 Å². The van der Waals surface area contributed by atoms with Gasteiger partial charge in [-0.3, -0.25) is 14.6 Å². The number of pyridine rings is 1. The summed E-state index contributed by atoms with van der Waals surface area (Å²) in [4.78, 5) is 29.8. The predicted molar refractivity (Wildman–Crippen MR) is 133 cm³/mol. The van der Waals surface area contributed by atoms with Crippen molar-refractivity contribution in [3.63, 3.8) is 0 Å². The van der Waals surface area contributed by atoms with Gasteiger partial charge >= 0.3 is 5.97 Å². The average molecular weight is 492 g/mol. The highest BCUT2D eigenvalue weighted by atomic mass is 19.1. The Balaban J connectivity index is 1.65. The SMILES string of the molecule is COCC(C)OC(=O)Cc1ccccc1NC(=O)c1cc(-c2ccnc(CN)c2)c2occc2c1F. The number of rotatable bonds is 9. The lowest BCUT2D eigenvalue weighted by molar-refractivity contribution is -0.149. The number of nitrogens with zero attached hydrogens (tertiary/aromatic N) is 1. The molecule has 0 aliphatic rings. The molecule has 9 heteroatoms. The lowest BCUT2D eigenvalue weighted by atomic mass is 9.99. The van der Waals surface area contributed by atoms with E-state index in [4.69, 9.17) is 19.6 Å². The number of methoxy groups -OCH3 is 1. The number of nitrogens with two attached hydrogens (primary N) is 1. The number of aromatic nitrogens is 1.